The number of nitrogens with one attached hydrogen (secondary N) is 2. The summed E-state index contributed by atoms with van der Waals surface area (Å²) in [5, 5.41) is 5.87. The van der Waals surface area contributed by atoms with E-state index in [0.717, 1.165) is 24.2 Å². The van der Waals surface area contributed by atoms with Crippen LogP contribution in [0.1, 0.15) is 48.5 Å². The van der Waals surface area contributed by atoms with Crippen LogP contribution < -0.4 is 10.6 Å². The second-order valence-electron chi connectivity index (χ2n) is 5.96. The van der Waals surface area contributed by atoms with Crippen molar-refractivity contribution in [3.63, 3.8) is 0 Å². The van der Waals surface area contributed by atoms with Crippen LogP contribution >= 0.6 is 0 Å². The van der Waals surface area contributed by atoms with E-state index in [9.17, 15) is 9.59 Å². The third kappa shape index (κ3) is 2.55. The summed E-state index contributed by atoms with van der Waals surface area (Å²) in [6.07, 6.45) is 4.78. The van der Waals surface area contributed by atoms with Crippen LogP contribution in [0.25, 0.3) is 0 Å². The normalized spacial score (nSPS) is 18.9. The van der Waals surface area contributed by atoms with Gasteiger partial charge in [0, 0.05) is 24.2 Å². The predicted molar refractivity (Wildman–Crippen MR) is 77.7 cm³/mol. The lowest BCUT2D eigenvalue weighted by Crippen LogP contribution is -2.30. The van der Waals surface area contributed by atoms with Gasteiger partial charge in [0.05, 0.1) is 0 Å². The zero-order chi connectivity index (χ0) is 14.2. The molecule has 1 aromatic rings. The van der Waals surface area contributed by atoms with E-state index in [-0.39, 0.29) is 11.8 Å². The van der Waals surface area contributed by atoms with Gasteiger partial charge in [0.25, 0.3) is 5.91 Å². The Morgan fingerprint density at radius 1 is 1.35 bits per heavy atom. The van der Waals surface area contributed by atoms with Crippen LogP contribution in [0.15, 0.2) is 18.2 Å². The highest BCUT2D eigenvalue weighted by Crippen LogP contribution is 2.47. The van der Waals surface area contributed by atoms with E-state index in [1.165, 1.54) is 12.8 Å². The first-order valence-corrected chi connectivity index (χ1v) is 7.33. The molecular weight excluding hydrogens is 252 g/mol. The van der Waals surface area contributed by atoms with Gasteiger partial charge in [-0.3, -0.25) is 9.59 Å². The van der Waals surface area contributed by atoms with Crippen molar-refractivity contribution < 1.29 is 9.59 Å². The van der Waals surface area contributed by atoms with Crippen molar-refractivity contribution in [2.24, 2.45) is 5.41 Å². The Balaban J connectivity index is 1.68. The maximum absolute atomic E-state index is 12.2. The van der Waals surface area contributed by atoms with Crippen molar-refractivity contribution >= 4 is 17.5 Å². The van der Waals surface area contributed by atoms with Crippen molar-refractivity contribution in [3.05, 3.63) is 29.3 Å². The molecule has 0 spiro atoms. The van der Waals surface area contributed by atoms with E-state index in [2.05, 4.69) is 17.6 Å². The van der Waals surface area contributed by atoms with Crippen LogP contribution in [-0.4, -0.2) is 18.4 Å². The molecule has 1 aromatic carbocycles. The Bertz CT molecular complexity index is 562. The summed E-state index contributed by atoms with van der Waals surface area (Å²) in [4.78, 5) is 23.5. The molecule has 1 heterocycles. The summed E-state index contributed by atoms with van der Waals surface area (Å²) in [6, 6.07) is 5.51. The molecule has 1 aliphatic carbocycles. The SMILES string of the molecule is CCC1(CNC(=O)c2ccc3c(c2)CCC(=O)N3)CC1. The molecule has 0 atom stereocenters. The standard InChI is InChI=1S/C16H20N2O2/c1-2-16(7-8-16)10-17-15(20)12-3-5-13-11(9-12)4-6-14(19)18-13/h3,5,9H,2,4,6-8,10H2,1H3,(H,17,20)(H,18,19). The van der Waals surface area contributed by atoms with Crippen molar-refractivity contribution in [2.45, 2.75) is 39.0 Å². The number of anilines is 1. The monoisotopic (exact) mass is 272 g/mol. The first kappa shape index (κ1) is 13.2. The van der Waals surface area contributed by atoms with Gasteiger partial charge in [-0.15, -0.1) is 0 Å². The van der Waals surface area contributed by atoms with E-state index in [1.54, 1.807) is 6.07 Å². The number of carbonyl (C=O) groups excluding carboxylic acids is 2. The second-order valence-corrected chi connectivity index (χ2v) is 5.96. The number of hydrogen-bond donors (Lipinski definition) is 2. The summed E-state index contributed by atoms with van der Waals surface area (Å²) < 4.78 is 0. The highest BCUT2D eigenvalue weighted by atomic mass is 16.2. The number of amides is 2. The second kappa shape index (κ2) is 4.93. The van der Waals surface area contributed by atoms with Crippen LogP contribution in [0.4, 0.5) is 5.69 Å². The van der Waals surface area contributed by atoms with Crippen LogP contribution in [-0.2, 0) is 11.2 Å². The lowest BCUT2D eigenvalue weighted by atomic mass is 9.99. The lowest BCUT2D eigenvalue weighted by Gasteiger charge is -2.18. The molecule has 0 aromatic heterocycles. The third-order valence-electron chi connectivity index (χ3n) is 4.59. The van der Waals surface area contributed by atoms with E-state index >= 15 is 0 Å². The zero-order valence-electron chi connectivity index (χ0n) is 11.8. The first-order chi connectivity index (χ1) is 9.62. The van der Waals surface area contributed by atoms with E-state index < -0.39 is 0 Å². The quantitative estimate of drug-likeness (QED) is 0.884. The molecule has 2 N–H and O–H groups in total. The van der Waals surface area contributed by atoms with Crippen molar-refractivity contribution in [1.82, 2.24) is 5.32 Å². The van der Waals surface area contributed by atoms with Gasteiger partial charge in [-0.05, 0) is 54.9 Å². The van der Waals surface area contributed by atoms with Gasteiger partial charge in [-0.1, -0.05) is 6.92 Å². The number of hydrogen-bond acceptors (Lipinski definition) is 2. The molecule has 106 valence electrons. The molecule has 4 nitrogen and oxygen atoms in total. The van der Waals surface area contributed by atoms with Crippen LogP contribution in [0.5, 0.6) is 0 Å². The Labute approximate surface area is 118 Å². The molecule has 1 fully saturated rings. The van der Waals surface area contributed by atoms with E-state index in [1.807, 2.05) is 12.1 Å². The van der Waals surface area contributed by atoms with E-state index in [4.69, 9.17) is 0 Å². The zero-order valence-corrected chi connectivity index (χ0v) is 11.8. The van der Waals surface area contributed by atoms with Gasteiger partial charge in [-0.2, -0.15) is 0 Å². The van der Waals surface area contributed by atoms with Gasteiger partial charge in [0.15, 0.2) is 0 Å². The fourth-order valence-corrected chi connectivity index (χ4v) is 2.73. The largest absolute Gasteiger partial charge is 0.351 e. The van der Waals surface area contributed by atoms with Gasteiger partial charge in [-0.25, -0.2) is 0 Å². The lowest BCUT2D eigenvalue weighted by molar-refractivity contribution is -0.116. The maximum atomic E-state index is 12.2. The number of rotatable bonds is 4. The topological polar surface area (TPSA) is 58.2 Å². The Morgan fingerprint density at radius 2 is 2.15 bits per heavy atom. The van der Waals surface area contributed by atoms with Crippen LogP contribution in [0, 0.1) is 5.41 Å². The number of fused-ring (bicyclic) bond motifs is 1. The molecule has 20 heavy (non-hydrogen) atoms. The van der Waals surface area contributed by atoms with Gasteiger partial charge in [0.1, 0.15) is 0 Å². The molecule has 0 unspecified atom stereocenters. The van der Waals surface area contributed by atoms with Gasteiger partial charge in [0.2, 0.25) is 5.91 Å². The molecule has 1 saturated carbocycles. The van der Waals surface area contributed by atoms with Crippen molar-refractivity contribution in [1.29, 1.82) is 0 Å². The van der Waals surface area contributed by atoms with Crippen molar-refractivity contribution in [2.75, 3.05) is 11.9 Å². The highest BCUT2D eigenvalue weighted by molar-refractivity contribution is 5.97. The van der Waals surface area contributed by atoms with Gasteiger partial charge < -0.3 is 10.6 Å². The average molecular weight is 272 g/mol. The number of benzene rings is 1. The summed E-state index contributed by atoms with van der Waals surface area (Å²) in [5.41, 5.74) is 2.93. The number of aryl methyl sites for hydroxylation is 1. The summed E-state index contributed by atoms with van der Waals surface area (Å²) in [7, 11) is 0. The summed E-state index contributed by atoms with van der Waals surface area (Å²) in [5.74, 6) is 0.0396. The van der Waals surface area contributed by atoms with E-state index in [0.29, 0.717) is 23.8 Å². The third-order valence-corrected chi connectivity index (χ3v) is 4.59. The summed E-state index contributed by atoms with van der Waals surface area (Å²) >= 11 is 0. The first-order valence-electron chi connectivity index (χ1n) is 7.33. The molecule has 0 radical (unpaired) electrons. The summed E-state index contributed by atoms with van der Waals surface area (Å²) in [6.45, 7) is 2.96. The molecular formula is C16H20N2O2. The highest BCUT2D eigenvalue weighted by Gasteiger charge is 2.40. The maximum Gasteiger partial charge on any atom is 0.251 e. The molecule has 2 aliphatic rings. The number of carbonyl (C=O) groups is 2. The minimum Gasteiger partial charge on any atom is -0.351 e. The molecule has 2 amide bonds. The van der Waals surface area contributed by atoms with Crippen LogP contribution in [0.3, 0.4) is 0 Å². The Kier molecular flexibility index (Phi) is 3.24. The molecule has 3 rings (SSSR count). The molecule has 0 saturated heterocycles. The minimum absolute atomic E-state index is 0.00979. The predicted octanol–water partition coefficient (Wildman–Crippen LogP) is 2.49. The van der Waals surface area contributed by atoms with Crippen molar-refractivity contribution in [3.8, 4) is 0 Å². The molecule has 0 bridgehead atoms. The fraction of sp³-hybridized carbons (Fsp3) is 0.500. The minimum atomic E-state index is -0.00979. The molecule has 1 aliphatic heterocycles. The van der Waals surface area contributed by atoms with Gasteiger partial charge >= 0.3 is 0 Å². The Hall–Kier alpha value is -1.84. The fourth-order valence-electron chi connectivity index (χ4n) is 2.73. The smallest absolute Gasteiger partial charge is 0.251 e. The van der Waals surface area contributed by atoms with Crippen LogP contribution in [0.2, 0.25) is 0 Å². The Morgan fingerprint density at radius 3 is 2.85 bits per heavy atom. The average Bonchev–Trinajstić information content (AvgIpc) is 3.25. The molecule has 4 heteroatoms.